The number of hydrogen-bond acceptors (Lipinski definition) is 7. The highest BCUT2D eigenvalue weighted by Gasteiger charge is 2.10. The Morgan fingerprint density at radius 1 is 0.944 bits per heavy atom. The molecule has 0 aromatic rings. The van der Waals surface area contributed by atoms with E-state index in [0.29, 0.717) is 5.71 Å². The molecule has 0 aliphatic carbocycles. The Morgan fingerprint density at radius 2 is 1.50 bits per heavy atom. The lowest BCUT2D eigenvalue weighted by atomic mass is 10.3. The molecule has 0 atom stereocenters. The number of nitrogens with zero attached hydrogens (tertiary/aromatic N) is 1. The van der Waals surface area contributed by atoms with Crippen molar-refractivity contribution in [3.8, 4) is 0 Å². The molecule has 7 nitrogen and oxygen atoms in total. The Balaban J connectivity index is 3.78. The summed E-state index contributed by atoms with van der Waals surface area (Å²) in [5.41, 5.74) is 0.589. The number of ether oxygens (including phenoxy) is 3. The van der Waals surface area contributed by atoms with Gasteiger partial charge >= 0.3 is 17.9 Å². The van der Waals surface area contributed by atoms with Gasteiger partial charge in [0.2, 0.25) is 0 Å². The van der Waals surface area contributed by atoms with Crippen LogP contribution in [0.15, 0.2) is 4.99 Å². The van der Waals surface area contributed by atoms with Crippen molar-refractivity contribution in [3.63, 3.8) is 0 Å². The Bertz CT molecular complexity index is 336. The maximum atomic E-state index is 11.0. The van der Waals surface area contributed by atoms with Crippen molar-refractivity contribution in [1.29, 1.82) is 0 Å². The predicted molar refractivity (Wildman–Crippen MR) is 62.2 cm³/mol. The molecule has 0 saturated heterocycles. The van der Waals surface area contributed by atoms with Gasteiger partial charge < -0.3 is 14.2 Å². The molecule has 0 aliphatic heterocycles. The normalized spacial score (nSPS) is 10.7. The number of aliphatic imine (C=N–C) groups is 1. The first-order chi connectivity index (χ1) is 8.49. The zero-order chi connectivity index (χ0) is 14.0. The molecule has 0 bridgehead atoms. The summed E-state index contributed by atoms with van der Waals surface area (Å²) in [5, 5.41) is 0. The van der Waals surface area contributed by atoms with E-state index in [0.717, 1.165) is 0 Å². The highest BCUT2D eigenvalue weighted by atomic mass is 16.5. The predicted octanol–water partition coefficient (Wildman–Crippen LogP) is 0.117. The van der Waals surface area contributed by atoms with Crippen molar-refractivity contribution < 1.29 is 28.6 Å². The number of esters is 3. The zero-order valence-corrected chi connectivity index (χ0v) is 10.7. The SMILES string of the molecule is COC(=O)CC(=O)OCCN=C(C)CC(=O)OC. The molecule has 0 spiro atoms. The molecule has 102 valence electrons. The highest BCUT2D eigenvalue weighted by Crippen LogP contribution is 1.92. The minimum atomic E-state index is -0.664. The third kappa shape index (κ3) is 8.26. The summed E-state index contributed by atoms with van der Waals surface area (Å²) in [5.74, 6) is -1.69. The van der Waals surface area contributed by atoms with E-state index in [2.05, 4.69) is 14.5 Å². The lowest BCUT2D eigenvalue weighted by Gasteiger charge is -2.03. The molecule has 0 unspecified atom stereocenters. The quantitative estimate of drug-likeness (QED) is 0.212. The first-order valence-electron chi connectivity index (χ1n) is 5.28. The summed E-state index contributed by atoms with van der Waals surface area (Å²) in [6.45, 7) is 1.96. The minimum Gasteiger partial charge on any atom is -0.469 e. The number of rotatable bonds is 7. The second-order valence-electron chi connectivity index (χ2n) is 3.34. The lowest BCUT2D eigenvalue weighted by molar-refractivity contribution is -0.152. The first kappa shape index (κ1) is 16.1. The van der Waals surface area contributed by atoms with E-state index in [1.807, 2.05) is 0 Å². The van der Waals surface area contributed by atoms with Crippen LogP contribution in [-0.2, 0) is 28.6 Å². The van der Waals surface area contributed by atoms with Crippen molar-refractivity contribution in [1.82, 2.24) is 0 Å². The summed E-state index contributed by atoms with van der Waals surface area (Å²) in [6.07, 6.45) is -0.312. The molecule has 0 aliphatic rings. The highest BCUT2D eigenvalue weighted by molar-refractivity contribution is 5.97. The average molecular weight is 259 g/mol. The van der Waals surface area contributed by atoms with Gasteiger partial charge in [0.1, 0.15) is 13.0 Å². The smallest absolute Gasteiger partial charge is 0.317 e. The topological polar surface area (TPSA) is 91.3 Å². The monoisotopic (exact) mass is 259 g/mol. The van der Waals surface area contributed by atoms with Gasteiger partial charge in [-0.15, -0.1) is 0 Å². The third-order valence-electron chi connectivity index (χ3n) is 1.88. The van der Waals surface area contributed by atoms with Gasteiger partial charge in [0, 0.05) is 5.71 Å². The summed E-state index contributed by atoms with van der Waals surface area (Å²) < 4.78 is 13.5. The van der Waals surface area contributed by atoms with Crippen LogP contribution in [0, 0.1) is 0 Å². The van der Waals surface area contributed by atoms with E-state index in [4.69, 9.17) is 4.74 Å². The molecule has 0 saturated carbocycles. The van der Waals surface area contributed by atoms with Gasteiger partial charge in [-0.25, -0.2) is 0 Å². The Hall–Kier alpha value is -1.92. The second kappa shape index (κ2) is 9.15. The van der Waals surface area contributed by atoms with Crippen LogP contribution in [0.1, 0.15) is 19.8 Å². The molecule has 0 amide bonds. The second-order valence-corrected chi connectivity index (χ2v) is 3.34. The number of methoxy groups -OCH3 is 2. The van der Waals surface area contributed by atoms with E-state index in [-0.39, 0.29) is 25.5 Å². The van der Waals surface area contributed by atoms with Gasteiger partial charge in [0.05, 0.1) is 27.2 Å². The van der Waals surface area contributed by atoms with Crippen molar-refractivity contribution in [2.24, 2.45) is 4.99 Å². The van der Waals surface area contributed by atoms with Gasteiger partial charge in [0.25, 0.3) is 0 Å². The molecule has 0 radical (unpaired) electrons. The van der Waals surface area contributed by atoms with Crippen molar-refractivity contribution in [2.75, 3.05) is 27.4 Å². The average Bonchev–Trinajstić information content (AvgIpc) is 2.34. The molecule has 0 aromatic heterocycles. The third-order valence-corrected chi connectivity index (χ3v) is 1.88. The standard InChI is InChI=1S/C11H17NO6/c1-8(6-9(13)16-2)12-4-5-18-11(15)7-10(14)17-3/h4-7H2,1-3H3. The fraction of sp³-hybridized carbons (Fsp3) is 0.636. The molecule has 18 heavy (non-hydrogen) atoms. The van der Waals surface area contributed by atoms with Crippen molar-refractivity contribution in [2.45, 2.75) is 19.8 Å². The molecule has 7 heteroatoms. The number of carbonyl (C=O) groups is 3. The van der Waals surface area contributed by atoms with Gasteiger partial charge in [0.15, 0.2) is 0 Å². The van der Waals surface area contributed by atoms with Crippen molar-refractivity contribution in [3.05, 3.63) is 0 Å². The minimum absolute atomic E-state index is 0.0499. The van der Waals surface area contributed by atoms with Crippen LogP contribution in [0.25, 0.3) is 0 Å². The van der Waals surface area contributed by atoms with E-state index in [1.165, 1.54) is 14.2 Å². The van der Waals surface area contributed by atoms with Gasteiger partial charge in [-0.2, -0.15) is 0 Å². The number of hydrogen-bond donors (Lipinski definition) is 0. The number of carbonyl (C=O) groups excluding carboxylic acids is 3. The van der Waals surface area contributed by atoms with Crippen LogP contribution in [0.3, 0.4) is 0 Å². The molecule has 0 rings (SSSR count). The van der Waals surface area contributed by atoms with E-state index < -0.39 is 18.4 Å². The molecular formula is C11H17NO6. The molecule has 0 fully saturated rings. The molecule has 0 N–H and O–H groups in total. The van der Waals surface area contributed by atoms with Crippen LogP contribution in [-0.4, -0.2) is 51.0 Å². The van der Waals surface area contributed by atoms with Gasteiger partial charge in [-0.05, 0) is 6.92 Å². The Morgan fingerprint density at radius 3 is 2.06 bits per heavy atom. The first-order valence-corrected chi connectivity index (χ1v) is 5.28. The van der Waals surface area contributed by atoms with E-state index in [9.17, 15) is 14.4 Å². The van der Waals surface area contributed by atoms with Crippen LogP contribution >= 0.6 is 0 Å². The lowest BCUT2D eigenvalue weighted by Crippen LogP contribution is -2.14. The molecule has 0 aromatic carbocycles. The van der Waals surface area contributed by atoms with Gasteiger partial charge in [-0.1, -0.05) is 0 Å². The fourth-order valence-corrected chi connectivity index (χ4v) is 0.974. The zero-order valence-electron chi connectivity index (χ0n) is 10.7. The molecular weight excluding hydrogens is 242 g/mol. The van der Waals surface area contributed by atoms with Gasteiger partial charge in [-0.3, -0.25) is 19.4 Å². The maximum Gasteiger partial charge on any atom is 0.317 e. The van der Waals surface area contributed by atoms with Crippen LogP contribution < -0.4 is 0 Å². The summed E-state index contributed by atoms with van der Waals surface area (Å²) in [4.78, 5) is 36.6. The van der Waals surface area contributed by atoms with Crippen LogP contribution in [0.2, 0.25) is 0 Å². The summed E-state index contributed by atoms with van der Waals surface area (Å²) in [6, 6.07) is 0. The van der Waals surface area contributed by atoms with Crippen molar-refractivity contribution >= 4 is 23.6 Å². The van der Waals surface area contributed by atoms with E-state index in [1.54, 1.807) is 6.92 Å². The molecule has 0 heterocycles. The summed E-state index contributed by atoms with van der Waals surface area (Å²) in [7, 11) is 2.49. The summed E-state index contributed by atoms with van der Waals surface area (Å²) >= 11 is 0. The fourth-order valence-electron chi connectivity index (χ4n) is 0.974. The Labute approximate surface area is 105 Å². The van der Waals surface area contributed by atoms with Crippen LogP contribution in [0.5, 0.6) is 0 Å². The maximum absolute atomic E-state index is 11.0. The van der Waals surface area contributed by atoms with E-state index >= 15 is 0 Å². The van der Waals surface area contributed by atoms with Crippen LogP contribution in [0.4, 0.5) is 0 Å². The Kier molecular flexibility index (Phi) is 8.17. The largest absolute Gasteiger partial charge is 0.469 e.